The fourth-order valence-electron chi connectivity index (χ4n) is 5.20. The highest BCUT2D eigenvalue weighted by Crippen LogP contribution is 2.44. The predicted octanol–water partition coefficient (Wildman–Crippen LogP) is 4.80. The summed E-state index contributed by atoms with van der Waals surface area (Å²) in [5.74, 6) is -1.46. The molecule has 2 aromatic rings. The highest BCUT2D eigenvalue weighted by molar-refractivity contribution is 5.90. The molecule has 4 rings (SSSR count). The average Bonchev–Trinajstić information content (AvgIpc) is 2.95. The van der Waals surface area contributed by atoms with Crippen molar-refractivity contribution < 1.29 is 24.2 Å². The summed E-state index contributed by atoms with van der Waals surface area (Å²) in [6, 6.07) is 14.4. The molecule has 1 aliphatic heterocycles. The van der Waals surface area contributed by atoms with Crippen molar-refractivity contribution in [2.24, 2.45) is 5.41 Å². The molecule has 0 saturated carbocycles. The van der Waals surface area contributed by atoms with Gasteiger partial charge < -0.3 is 20.1 Å². The maximum Gasteiger partial charge on any atom is 0.407 e. The number of nitrogens with zero attached hydrogens (tertiary/aromatic N) is 1. The van der Waals surface area contributed by atoms with E-state index in [1.807, 2.05) is 57.2 Å². The molecule has 0 spiro atoms. The largest absolute Gasteiger partial charge is 0.480 e. The maximum atomic E-state index is 13.5. The Morgan fingerprint density at radius 3 is 2.17 bits per heavy atom. The monoisotopic (exact) mass is 478 g/mol. The van der Waals surface area contributed by atoms with Crippen LogP contribution in [0.3, 0.4) is 0 Å². The van der Waals surface area contributed by atoms with Crippen LogP contribution in [-0.2, 0) is 14.3 Å². The van der Waals surface area contributed by atoms with Crippen LogP contribution >= 0.6 is 0 Å². The molecule has 7 heteroatoms. The standard InChI is InChI=1S/C28H34N2O5/c1-28(2,3)24(25(31)30-16-10-4-5-15-23(30)26(32)33)29-27(34)35-17-22-20-13-8-6-11-18(20)19-12-7-9-14-21(19)22/h6-9,11-14,22-24H,4-5,10,15-17H2,1-3H3,(H,29,34)(H,32,33)/t23?,24-/m0/s1. The van der Waals surface area contributed by atoms with Crippen LogP contribution in [0.15, 0.2) is 48.5 Å². The number of ether oxygens (including phenoxy) is 1. The molecule has 0 bridgehead atoms. The summed E-state index contributed by atoms with van der Waals surface area (Å²) in [6.07, 6.45) is 2.14. The van der Waals surface area contributed by atoms with E-state index in [9.17, 15) is 19.5 Å². The van der Waals surface area contributed by atoms with Crippen LogP contribution in [0, 0.1) is 5.41 Å². The summed E-state index contributed by atoms with van der Waals surface area (Å²) in [5.41, 5.74) is 3.87. The number of alkyl carbamates (subject to hydrolysis) is 1. The second-order valence-corrected chi connectivity index (χ2v) is 10.5. The Balaban J connectivity index is 1.48. The lowest BCUT2D eigenvalue weighted by molar-refractivity contribution is -0.152. The summed E-state index contributed by atoms with van der Waals surface area (Å²) in [4.78, 5) is 39.7. The molecule has 1 fully saturated rings. The van der Waals surface area contributed by atoms with Crippen molar-refractivity contribution in [3.8, 4) is 11.1 Å². The average molecular weight is 479 g/mol. The number of likely N-dealkylation sites (tertiary alicyclic amines) is 1. The van der Waals surface area contributed by atoms with E-state index in [-0.39, 0.29) is 18.4 Å². The Morgan fingerprint density at radius 2 is 1.60 bits per heavy atom. The van der Waals surface area contributed by atoms with Crippen LogP contribution in [0.4, 0.5) is 4.79 Å². The lowest BCUT2D eigenvalue weighted by atomic mass is 9.85. The van der Waals surface area contributed by atoms with Gasteiger partial charge in [-0.2, -0.15) is 0 Å². The highest BCUT2D eigenvalue weighted by atomic mass is 16.5. The van der Waals surface area contributed by atoms with Crippen molar-refractivity contribution in [1.82, 2.24) is 10.2 Å². The lowest BCUT2D eigenvalue weighted by Gasteiger charge is -2.36. The normalized spacial score (nSPS) is 18.7. The Morgan fingerprint density at radius 1 is 1.00 bits per heavy atom. The van der Waals surface area contributed by atoms with Crippen molar-refractivity contribution in [1.29, 1.82) is 0 Å². The second kappa shape index (κ2) is 10.1. The van der Waals surface area contributed by atoms with Crippen molar-refractivity contribution >= 4 is 18.0 Å². The first kappa shape index (κ1) is 24.8. The van der Waals surface area contributed by atoms with Crippen LogP contribution in [0.5, 0.6) is 0 Å². The molecular formula is C28H34N2O5. The Bertz CT molecular complexity index is 1060. The zero-order valence-corrected chi connectivity index (χ0v) is 20.6. The first-order valence-corrected chi connectivity index (χ1v) is 12.3. The fourth-order valence-corrected chi connectivity index (χ4v) is 5.20. The quantitative estimate of drug-likeness (QED) is 0.644. The Kier molecular flexibility index (Phi) is 7.15. The Labute approximate surface area is 206 Å². The molecule has 2 aromatic carbocycles. The van der Waals surface area contributed by atoms with Gasteiger partial charge in [0.15, 0.2) is 0 Å². The number of hydrogen-bond acceptors (Lipinski definition) is 4. The number of amides is 2. The topological polar surface area (TPSA) is 95.9 Å². The summed E-state index contributed by atoms with van der Waals surface area (Å²) in [5, 5.41) is 12.5. The van der Waals surface area contributed by atoms with E-state index >= 15 is 0 Å². The van der Waals surface area contributed by atoms with E-state index < -0.39 is 29.6 Å². The summed E-state index contributed by atoms with van der Waals surface area (Å²) < 4.78 is 5.66. The van der Waals surface area contributed by atoms with Crippen LogP contribution in [-0.4, -0.2) is 53.2 Å². The molecule has 0 radical (unpaired) electrons. The van der Waals surface area contributed by atoms with Gasteiger partial charge in [-0.05, 0) is 40.5 Å². The second-order valence-electron chi connectivity index (χ2n) is 10.5. The van der Waals surface area contributed by atoms with Gasteiger partial charge in [-0.3, -0.25) is 4.79 Å². The number of carbonyl (C=O) groups excluding carboxylic acids is 2. The third kappa shape index (κ3) is 5.19. The van der Waals surface area contributed by atoms with Crippen molar-refractivity contribution in [3.63, 3.8) is 0 Å². The Hall–Kier alpha value is -3.35. The van der Waals surface area contributed by atoms with Gasteiger partial charge in [0.2, 0.25) is 5.91 Å². The van der Waals surface area contributed by atoms with E-state index in [2.05, 4.69) is 17.4 Å². The first-order valence-electron chi connectivity index (χ1n) is 12.3. The molecule has 1 unspecified atom stereocenters. The number of carboxylic acids is 1. The van der Waals surface area contributed by atoms with Gasteiger partial charge in [-0.1, -0.05) is 82.1 Å². The molecule has 2 N–H and O–H groups in total. The first-order chi connectivity index (χ1) is 16.7. The minimum absolute atomic E-state index is 0.0843. The van der Waals surface area contributed by atoms with Gasteiger partial charge in [-0.15, -0.1) is 0 Å². The molecule has 186 valence electrons. The number of hydrogen-bond donors (Lipinski definition) is 2. The zero-order valence-electron chi connectivity index (χ0n) is 20.6. The SMILES string of the molecule is CC(C)(C)[C@@H](NC(=O)OCC1c2ccccc2-c2ccccc21)C(=O)N1CCCCCC1C(=O)O. The number of rotatable bonds is 5. The van der Waals surface area contributed by atoms with Gasteiger partial charge in [0.25, 0.3) is 0 Å². The molecule has 2 atom stereocenters. The molecule has 7 nitrogen and oxygen atoms in total. The van der Waals surface area contributed by atoms with E-state index in [0.717, 1.165) is 41.5 Å². The number of carbonyl (C=O) groups is 3. The molecule has 35 heavy (non-hydrogen) atoms. The van der Waals surface area contributed by atoms with Crippen molar-refractivity contribution in [3.05, 3.63) is 59.7 Å². The summed E-state index contributed by atoms with van der Waals surface area (Å²) in [7, 11) is 0. The molecule has 1 saturated heterocycles. The van der Waals surface area contributed by atoms with Gasteiger partial charge in [-0.25, -0.2) is 9.59 Å². The van der Waals surface area contributed by atoms with Crippen LogP contribution in [0.2, 0.25) is 0 Å². The number of benzene rings is 2. The number of aliphatic carboxylic acids is 1. The molecule has 1 aliphatic carbocycles. The lowest BCUT2D eigenvalue weighted by Crippen LogP contribution is -2.58. The summed E-state index contributed by atoms with van der Waals surface area (Å²) >= 11 is 0. The third-order valence-corrected chi connectivity index (χ3v) is 7.04. The number of nitrogens with one attached hydrogen (secondary N) is 1. The summed E-state index contributed by atoms with van der Waals surface area (Å²) in [6.45, 7) is 6.08. The van der Waals surface area contributed by atoms with Gasteiger partial charge in [0.1, 0.15) is 18.7 Å². The van der Waals surface area contributed by atoms with Crippen LogP contribution < -0.4 is 5.32 Å². The van der Waals surface area contributed by atoms with Crippen molar-refractivity contribution in [2.45, 2.75) is 64.5 Å². The highest BCUT2D eigenvalue weighted by Gasteiger charge is 2.40. The third-order valence-electron chi connectivity index (χ3n) is 7.04. The van der Waals surface area contributed by atoms with Crippen LogP contribution in [0.25, 0.3) is 11.1 Å². The molecule has 0 aromatic heterocycles. The van der Waals surface area contributed by atoms with E-state index in [4.69, 9.17) is 4.74 Å². The fraction of sp³-hybridized carbons (Fsp3) is 0.464. The van der Waals surface area contributed by atoms with E-state index in [0.29, 0.717) is 13.0 Å². The smallest absolute Gasteiger partial charge is 0.407 e. The predicted molar refractivity (Wildman–Crippen MR) is 133 cm³/mol. The molecule has 2 aliphatic rings. The van der Waals surface area contributed by atoms with Crippen LogP contribution in [0.1, 0.15) is 63.5 Å². The van der Waals surface area contributed by atoms with E-state index in [1.54, 1.807) is 0 Å². The maximum absolute atomic E-state index is 13.5. The zero-order chi connectivity index (χ0) is 25.2. The van der Waals surface area contributed by atoms with Crippen molar-refractivity contribution in [2.75, 3.05) is 13.2 Å². The molecular weight excluding hydrogens is 444 g/mol. The van der Waals surface area contributed by atoms with Gasteiger partial charge >= 0.3 is 12.1 Å². The molecule has 1 heterocycles. The van der Waals surface area contributed by atoms with E-state index in [1.165, 1.54) is 4.90 Å². The van der Waals surface area contributed by atoms with Gasteiger partial charge in [0.05, 0.1) is 0 Å². The van der Waals surface area contributed by atoms with Gasteiger partial charge in [0, 0.05) is 12.5 Å². The molecule has 2 amide bonds. The number of fused-ring (bicyclic) bond motifs is 3. The minimum atomic E-state index is -1.01. The minimum Gasteiger partial charge on any atom is -0.480 e. The number of carboxylic acid groups (broad SMARTS) is 1.